The molecule has 0 bridgehead atoms. The van der Waals surface area contributed by atoms with Gasteiger partial charge in [-0.1, -0.05) is 120 Å². The van der Waals surface area contributed by atoms with Gasteiger partial charge in [-0.3, -0.25) is 0 Å². The Kier molecular flexibility index (Phi) is 38.9. The summed E-state index contributed by atoms with van der Waals surface area (Å²) in [6.45, 7) is 39.4. The molecule has 96 heavy (non-hydrogen) atoms. The summed E-state index contributed by atoms with van der Waals surface area (Å²) in [7, 11) is -59.5. The minimum atomic E-state index is -6.71. The van der Waals surface area contributed by atoms with Gasteiger partial charge < -0.3 is 16.5 Å². The zero-order chi connectivity index (χ0) is 77.6. The molecular weight excluding hydrogens is 1640 g/mol. The summed E-state index contributed by atoms with van der Waals surface area (Å²) in [5, 5.41) is 0. The minimum Gasteiger partial charge on any atom is -0.444 e. The fraction of sp³-hybridized carbons (Fsp3) is 0.956. The highest BCUT2D eigenvalue weighted by Gasteiger charge is 2.65. The van der Waals surface area contributed by atoms with E-state index in [2.05, 4.69) is 45.9 Å². The zero-order valence-electron chi connectivity index (χ0n) is 57.1. The van der Waals surface area contributed by atoms with Gasteiger partial charge in [0.25, 0.3) is 69.0 Å². The van der Waals surface area contributed by atoms with Crippen LogP contribution in [0.3, 0.4) is 0 Å². The topological polar surface area (TPSA) is 242 Å². The van der Waals surface area contributed by atoms with Crippen LogP contribution in [0.5, 0.6) is 0 Å². The van der Waals surface area contributed by atoms with Crippen molar-refractivity contribution in [3.05, 3.63) is 12.3 Å². The van der Waals surface area contributed by atoms with E-state index >= 15 is 0 Å². The Bertz CT molecular complexity index is 3000. The molecule has 0 spiro atoms. The normalized spacial score (nSPS) is 16.1. The molecule has 0 saturated heterocycles. The lowest BCUT2D eigenvalue weighted by Gasteiger charge is -2.40. The van der Waals surface area contributed by atoms with Crippen LogP contribution < -0.4 is 0 Å². The predicted molar refractivity (Wildman–Crippen MR) is 369 cm³/mol. The highest BCUT2D eigenvalue weighted by atomic mass is 32.3. The first kappa shape index (κ1) is 101. The Morgan fingerprint density at radius 1 is 0.406 bits per heavy atom. The molecule has 3 atom stereocenters. The molecular formula is C45H98F18O16S6Si11. The van der Waals surface area contributed by atoms with Crippen molar-refractivity contribution in [3.8, 4) is 0 Å². The molecule has 0 saturated carbocycles. The van der Waals surface area contributed by atoms with Crippen LogP contribution in [-0.2, 0) is 75.5 Å². The van der Waals surface area contributed by atoms with Gasteiger partial charge in [0, 0.05) is 33.7 Å². The standard InChI is InChI=1S/C29H60F12O10S4Si6.C12H22F6O4S2Si2.C4H16O2Si3/c1-12-61(11,18-14-16-25(54(46,47)28(36,37)38)55(48,49)29(39,40)41)22-21-59(7,8)51-60(9,10)50-58(5,6)20-19-57(3,4)23-56(2)17-13-15-24(52(42,43)26(30,31)32)53(44,45)27(33,34)35;1-5-26(3,4)9-25(2)8-6-7-10(23(19,20)11(13,14)15)24(21,22)12(16,17)18;1-8(2)5-7-6-9(3)4/h24-25,56H,12-23H2,1-11H3;5,10,25H,1,6-9H2,2-4H3;8-9H,7H2,1-4H3. The molecule has 0 aliphatic heterocycles. The van der Waals surface area contributed by atoms with E-state index in [9.17, 15) is 130 Å². The molecule has 0 aliphatic rings. The van der Waals surface area contributed by atoms with E-state index in [1.165, 1.54) is 0 Å². The molecule has 3 unspecified atom stereocenters. The smallest absolute Gasteiger partial charge is 0.444 e. The highest BCUT2D eigenvalue weighted by molar-refractivity contribution is 8.10. The number of hydrogen-bond donors (Lipinski definition) is 0. The maximum Gasteiger partial charge on any atom is 0.498 e. The second-order valence-corrected chi connectivity index (χ2v) is 84.4. The van der Waals surface area contributed by atoms with Crippen molar-refractivity contribution in [3.63, 3.8) is 0 Å². The van der Waals surface area contributed by atoms with Gasteiger partial charge in [0.2, 0.25) is 0 Å². The van der Waals surface area contributed by atoms with Crippen LogP contribution in [0.15, 0.2) is 12.3 Å². The molecule has 0 rings (SSSR count). The van der Waals surface area contributed by atoms with Crippen LogP contribution in [-0.4, -0.2) is 192 Å². The fourth-order valence-corrected chi connectivity index (χ4v) is 67.5. The Balaban J connectivity index is -0.00000201. The summed E-state index contributed by atoms with van der Waals surface area (Å²) in [5.74, 6) is 0. The average molecular weight is 1740 g/mol. The molecule has 0 radical (unpaired) electrons. The minimum absolute atomic E-state index is 0.0596. The molecule has 0 aromatic carbocycles. The van der Waals surface area contributed by atoms with Crippen LogP contribution in [0.2, 0.25) is 171 Å². The summed E-state index contributed by atoms with van der Waals surface area (Å²) >= 11 is 0. The first-order chi connectivity index (χ1) is 41.9. The quantitative estimate of drug-likeness (QED) is 0.0412. The van der Waals surface area contributed by atoms with Crippen LogP contribution in [0.4, 0.5) is 79.0 Å². The predicted octanol–water partition coefficient (Wildman–Crippen LogP) is 14.1. The third kappa shape index (κ3) is 33.2. The molecule has 0 fully saturated rings. The Hall–Kier alpha value is 0.406. The van der Waals surface area contributed by atoms with E-state index in [0.717, 1.165) is 11.7 Å². The summed E-state index contributed by atoms with van der Waals surface area (Å²) in [4.78, 5) is 0. The number of sulfone groups is 6. The summed E-state index contributed by atoms with van der Waals surface area (Å²) in [6, 6.07) is 3.35. The van der Waals surface area contributed by atoms with Crippen molar-refractivity contribution >= 4 is 154 Å². The molecule has 0 amide bonds. The van der Waals surface area contributed by atoms with Gasteiger partial charge in [-0.05, 0) is 96.8 Å². The Morgan fingerprint density at radius 3 is 0.917 bits per heavy atom. The monoisotopic (exact) mass is 1740 g/mol. The molecule has 0 aliphatic carbocycles. The molecule has 580 valence electrons. The Morgan fingerprint density at radius 2 is 0.667 bits per heavy atom. The number of rotatable bonds is 38. The largest absolute Gasteiger partial charge is 0.498 e. The van der Waals surface area contributed by atoms with Gasteiger partial charge in [-0.15, -0.1) is 12.3 Å². The van der Waals surface area contributed by atoms with Crippen molar-refractivity contribution in [1.29, 1.82) is 0 Å². The molecule has 51 heteroatoms. The first-order valence-electron chi connectivity index (χ1n) is 30.0. The molecule has 0 aromatic heterocycles. The van der Waals surface area contributed by atoms with E-state index in [0.29, 0.717) is 29.8 Å². The van der Waals surface area contributed by atoms with Crippen LogP contribution >= 0.6 is 0 Å². The first-order valence-corrected chi connectivity index (χ1v) is 70.4. The number of hydrogen-bond acceptors (Lipinski definition) is 16. The van der Waals surface area contributed by atoms with Gasteiger partial charge in [0.05, 0.1) is 8.07 Å². The van der Waals surface area contributed by atoms with Crippen LogP contribution in [0.1, 0.15) is 45.4 Å². The lowest BCUT2D eigenvalue weighted by molar-refractivity contribution is -0.0484. The van der Waals surface area contributed by atoms with Gasteiger partial charge in [0.15, 0.2) is 48.5 Å². The fourth-order valence-electron chi connectivity index (χ4n) is 10.0. The molecule has 0 N–H and O–H groups in total. The van der Waals surface area contributed by atoms with E-state index in [1.54, 1.807) is 6.92 Å². The summed E-state index contributed by atoms with van der Waals surface area (Å²) in [5.41, 5.74) is -33.8. The average Bonchev–Trinajstić information content (AvgIpc) is 0.775. The summed E-state index contributed by atoms with van der Waals surface area (Å²) < 4.78 is 388. The molecule has 0 aromatic rings. The lowest BCUT2D eigenvalue weighted by atomic mass is 10.4. The zero-order valence-corrected chi connectivity index (χ0v) is 74.1. The second kappa shape index (κ2) is 37.1. The van der Waals surface area contributed by atoms with E-state index in [4.69, 9.17) is 16.5 Å². The second-order valence-electron chi connectivity index (χ2n) is 27.8. The van der Waals surface area contributed by atoms with Gasteiger partial charge in [-0.2, -0.15) is 79.0 Å². The maximum atomic E-state index is 13.2. The van der Waals surface area contributed by atoms with Crippen molar-refractivity contribution in [2.24, 2.45) is 0 Å². The third-order valence-corrected chi connectivity index (χ3v) is 72.4. The van der Waals surface area contributed by atoms with E-state index in [1.807, 2.05) is 77.7 Å². The number of alkyl halides is 18. The molecule has 0 heterocycles. The van der Waals surface area contributed by atoms with Gasteiger partial charge in [0.1, 0.15) is 0 Å². The third-order valence-electron chi connectivity index (χ3n) is 15.3. The van der Waals surface area contributed by atoms with E-state index < -0.39 is 233 Å². The summed E-state index contributed by atoms with van der Waals surface area (Å²) in [6.07, 6.45) is -5.29. The van der Waals surface area contributed by atoms with Crippen molar-refractivity contribution in [2.75, 3.05) is 0 Å². The maximum absolute atomic E-state index is 13.2. The van der Waals surface area contributed by atoms with E-state index in [-0.39, 0.29) is 24.6 Å². The van der Waals surface area contributed by atoms with Crippen LogP contribution in [0.25, 0.3) is 0 Å². The SMILES string of the molecule is C=C[Si](C)(C)C[SiH](C)CCCC(S(=O)(=O)C(F)(F)F)S(=O)(=O)C(F)(F)F.CC[Si](C)(CCCC(S(=O)(=O)C(F)(F)F)S(=O)(=O)C(F)(F)F)CC[Si](C)(C)O[Si](C)(C)O[Si](C)(C)CC[Si](C)(C)C[SiH](C)CCCC(S(=O)(=O)C(F)(F)F)S(=O)(=O)C(F)(F)F.C[SiH](C)O[SiH2]O[SiH](C)C. The number of halogens is 18. The van der Waals surface area contributed by atoms with Crippen molar-refractivity contribution in [2.45, 2.75) is 263 Å². The van der Waals surface area contributed by atoms with Crippen LogP contribution in [0, 0.1) is 0 Å². The lowest BCUT2D eigenvalue weighted by Crippen LogP contribution is -2.53. The van der Waals surface area contributed by atoms with Crippen molar-refractivity contribution in [1.82, 2.24) is 0 Å². The van der Waals surface area contributed by atoms with Gasteiger partial charge in [-0.25, -0.2) is 50.5 Å². The van der Waals surface area contributed by atoms with Gasteiger partial charge >= 0.3 is 41.6 Å². The highest BCUT2D eigenvalue weighted by Crippen LogP contribution is 2.43. The van der Waals surface area contributed by atoms with Crippen molar-refractivity contribution < 1.29 is 146 Å². The Labute approximate surface area is 571 Å². The molecule has 16 nitrogen and oxygen atoms in total.